The smallest absolute Gasteiger partial charge is 0.321 e. The molecular weight excluding hydrogens is 265 g/mol. The lowest BCUT2D eigenvalue weighted by molar-refractivity contribution is -0.139. The number of nitrogens with one attached hydrogen (secondary N) is 1. The van der Waals surface area contributed by atoms with Crippen molar-refractivity contribution in [3.63, 3.8) is 0 Å². The van der Waals surface area contributed by atoms with Gasteiger partial charge in [0.25, 0.3) is 0 Å². The lowest BCUT2D eigenvalue weighted by Gasteiger charge is -2.13. The molecule has 0 saturated carbocycles. The van der Waals surface area contributed by atoms with Crippen LogP contribution in [0.2, 0.25) is 0 Å². The first-order valence-corrected chi connectivity index (χ1v) is 6.47. The van der Waals surface area contributed by atoms with Crippen LogP contribution >= 0.6 is 0 Å². The Morgan fingerprint density at radius 1 is 1.39 bits per heavy atom. The molecule has 0 fully saturated rings. The Bertz CT molecular complexity index is 531. The summed E-state index contributed by atoms with van der Waals surface area (Å²) in [6.07, 6.45) is -0.303. The van der Waals surface area contributed by atoms with E-state index in [1.807, 2.05) is 4.72 Å². The Kier molecular flexibility index (Phi) is 4.76. The van der Waals surface area contributed by atoms with Crippen molar-refractivity contribution in [2.45, 2.75) is 17.4 Å². The minimum atomic E-state index is -4.27. The van der Waals surface area contributed by atoms with Gasteiger partial charge in [-0.25, -0.2) is 12.8 Å². The number of aliphatic carboxylic acids is 1. The first-order valence-electron chi connectivity index (χ1n) is 4.99. The van der Waals surface area contributed by atoms with Crippen LogP contribution in [0, 0.1) is 5.82 Å². The van der Waals surface area contributed by atoms with Crippen LogP contribution in [0.15, 0.2) is 29.2 Å². The summed E-state index contributed by atoms with van der Waals surface area (Å²) < 4.78 is 38.6. The molecule has 1 atom stereocenters. The van der Waals surface area contributed by atoms with Gasteiger partial charge in [0, 0.05) is 6.61 Å². The Morgan fingerprint density at radius 3 is 2.50 bits per heavy atom. The van der Waals surface area contributed by atoms with E-state index in [4.69, 9.17) is 10.2 Å². The average Bonchev–Trinajstić information content (AvgIpc) is 2.28. The van der Waals surface area contributed by atoms with E-state index >= 15 is 0 Å². The van der Waals surface area contributed by atoms with Gasteiger partial charge < -0.3 is 10.2 Å². The highest BCUT2D eigenvalue weighted by Gasteiger charge is 2.26. The highest BCUT2D eigenvalue weighted by atomic mass is 32.2. The van der Waals surface area contributed by atoms with Gasteiger partial charge in [-0.15, -0.1) is 0 Å². The summed E-state index contributed by atoms with van der Waals surface area (Å²) in [4.78, 5) is 10.1. The van der Waals surface area contributed by atoms with Gasteiger partial charge >= 0.3 is 5.97 Å². The third kappa shape index (κ3) is 3.49. The molecule has 0 bridgehead atoms. The van der Waals surface area contributed by atoms with E-state index in [-0.39, 0.29) is 6.42 Å². The third-order valence-electron chi connectivity index (χ3n) is 2.14. The van der Waals surface area contributed by atoms with Crippen LogP contribution in [0.3, 0.4) is 0 Å². The fraction of sp³-hybridized carbons (Fsp3) is 0.300. The molecule has 0 aliphatic rings. The van der Waals surface area contributed by atoms with Crippen LogP contribution < -0.4 is 4.72 Å². The molecule has 0 spiro atoms. The van der Waals surface area contributed by atoms with Crippen molar-refractivity contribution in [1.82, 2.24) is 4.72 Å². The summed E-state index contributed by atoms with van der Waals surface area (Å²) in [6, 6.07) is 3.11. The molecule has 3 N–H and O–H groups in total. The standard InChI is InChI=1S/C10H12FNO5S/c11-7-3-1-2-4-9(7)18(16,17)12-8(5-6-13)10(14)15/h1-4,8,12-13H,5-6H2,(H,14,15)/t8-/m1/s1. The van der Waals surface area contributed by atoms with Crippen LogP contribution in [-0.4, -0.2) is 37.2 Å². The maximum atomic E-state index is 13.3. The second kappa shape index (κ2) is 5.89. The predicted octanol–water partition coefficient (Wildman–Crippen LogP) is -0.0604. The monoisotopic (exact) mass is 277 g/mol. The number of aliphatic hydroxyl groups excluding tert-OH is 1. The van der Waals surface area contributed by atoms with Crippen LogP contribution in [0.5, 0.6) is 0 Å². The van der Waals surface area contributed by atoms with Gasteiger partial charge in [-0.3, -0.25) is 4.79 Å². The maximum absolute atomic E-state index is 13.3. The lowest BCUT2D eigenvalue weighted by atomic mass is 10.2. The molecule has 0 radical (unpaired) electrons. The number of sulfonamides is 1. The van der Waals surface area contributed by atoms with Crippen LogP contribution in [0.1, 0.15) is 6.42 Å². The minimum Gasteiger partial charge on any atom is -0.480 e. The number of carboxylic acid groups (broad SMARTS) is 1. The first kappa shape index (κ1) is 14.6. The summed E-state index contributed by atoms with van der Waals surface area (Å²) in [6.45, 7) is -0.503. The number of carbonyl (C=O) groups is 1. The summed E-state index contributed by atoms with van der Waals surface area (Å²) >= 11 is 0. The highest BCUT2D eigenvalue weighted by molar-refractivity contribution is 7.89. The summed E-state index contributed by atoms with van der Waals surface area (Å²) in [5.41, 5.74) is 0. The molecule has 0 aromatic heterocycles. The number of aliphatic hydroxyl groups is 1. The summed E-state index contributed by atoms with van der Waals surface area (Å²) in [5.74, 6) is -2.41. The lowest BCUT2D eigenvalue weighted by Crippen LogP contribution is -2.41. The second-order valence-electron chi connectivity index (χ2n) is 3.45. The van der Waals surface area contributed by atoms with Crippen molar-refractivity contribution >= 4 is 16.0 Å². The van der Waals surface area contributed by atoms with Crippen molar-refractivity contribution in [1.29, 1.82) is 0 Å². The largest absolute Gasteiger partial charge is 0.480 e. The number of carboxylic acids is 1. The zero-order valence-corrected chi connectivity index (χ0v) is 10.0. The summed E-state index contributed by atoms with van der Waals surface area (Å²) in [7, 11) is -4.27. The molecule has 0 saturated heterocycles. The van der Waals surface area contributed by atoms with E-state index < -0.39 is 39.4 Å². The zero-order chi connectivity index (χ0) is 13.8. The molecule has 1 aromatic carbocycles. The van der Waals surface area contributed by atoms with Gasteiger partial charge in [-0.1, -0.05) is 12.1 Å². The van der Waals surface area contributed by atoms with Crippen LogP contribution in [-0.2, 0) is 14.8 Å². The SMILES string of the molecule is O=C(O)[C@@H](CCO)NS(=O)(=O)c1ccccc1F. The molecule has 0 amide bonds. The minimum absolute atomic E-state index is 0.303. The van der Waals surface area contributed by atoms with Gasteiger partial charge in [0.15, 0.2) is 0 Å². The number of benzene rings is 1. The highest BCUT2D eigenvalue weighted by Crippen LogP contribution is 2.14. The van der Waals surface area contributed by atoms with Gasteiger partial charge in [-0.05, 0) is 18.6 Å². The van der Waals surface area contributed by atoms with E-state index in [0.717, 1.165) is 12.1 Å². The van der Waals surface area contributed by atoms with Crippen molar-refractivity contribution in [3.8, 4) is 0 Å². The van der Waals surface area contributed by atoms with Crippen LogP contribution in [0.4, 0.5) is 4.39 Å². The second-order valence-corrected chi connectivity index (χ2v) is 5.14. The average molecular weight is 277 g/mol. The van der Waals surface area contributed by atoms with Gasteiger partial charge in [0.05, 0.1) is 0 Å². The fourth-order valence-corrected chi connectivity index (χ4v) is 2.58. The van der Waals surface area contributed by atoms with E-state index in [2.05, 4.69) is 0 Å². The van der Waals surface area contributed by atoms with Gasteiger partial charge in [-0.2, -0.15) is 4.72 Å². The molecule has 0 heterocycles. The Morgan fingerprint density at radius 2 is 2.00 bits per heavy atom. The van der Waals surface area contributed by atoms with Gasteiger partial charge in [0.2, 0.25) is 10.0 Å². The molecular formula is C10H12FNO5S. The molecule has 0 aliphatic heterocycles. The quantitative estimate of drug-likeness (QED) is 0.676. The van der Waals surface area contributed by atoms with E-state index in [1.165, 1.54) is 12.1 Å². The molecule has 1 rings (SSSR count). The number of hydrogen-bond acceptors (Lipinski definition) is 4. The van der Waals surface area contributed by atoms with Crippen molar-refractivity contribution in [2.24, 2.45) is 0 Å². The number of hydrogen-bond donors (Lipinski definition) is 3. The molecule has 18 heavy (non-hydrogen) atoms. The Balaban J connectivity index is 3.01. The van der Waals surface area contributed by atoms with Crippen molar-refractivity contribution in [3.05, 3.63) is 30.1 Å². The van der Waals surface area contributed by atoms with E-state index in [9.17, 15) is 17.6 Å². The number of rotatable bonds is 6. The molecule has 8 heteroatoms. The molecule has 0 aliphatic carbocycles. The number of halogens is 1. The third-order valence-corrected chi connectivity index (χ3v) is 3.64. The molecule has 100 valence electrons. The maximum Gasteiger partial charge on any atom is 0.321 e. The molecule has 6 nitrogen and oxygen atoms in total. The van der Waals surface area contributed by atoms with Crippen molar-refractivity contribution in [2.75, 3.05) is 6.61 Å². The van der Waals surface area contributed by atoms with E-state index in [1.54, 1.807) is 0 Å². The van der Waals surface area contributed by atoms with Crippen molar-refractivity contribution < 1.29 is 27.8 Å². The fourth-order valence-electron chi connectivity index (χ4n) is 1.28. The Labute approximate surface area is 103 Å². The normalized spacial score (nSPS) is 13.2. The van der Waals surface area contributed by atoms with E-state index in [0.29, 0.717) is 0 Å². The zero-order valence-electron chi connectivity index (χ0n) is 9.21. The van der Waals surface area contributed by atoms with Gasteiger partial charge in [0.1, 0.15) is 16.8 Å². The molecule has 0 unspecified atom stereocenters. The van der Waals surface area contributed by atoms with Crippen LogP contribution in [0.25, 0.3) is 0 Å². The summed E-state index contributed by atoms with van der Waals surface area (Å²) in [5, 5.41) is 17.4. The molecule has 1 aromatic rings. The topological polar surface area (TPSA) is 104 Å². The Hall–Kier alpha value is -1.51. The predicted molar refractivity (Wildman–Crippen MR) is 59.8 cm³/mol. The first-order chi connectivity index (χ1) is 8.38.